The van der Waals surface area contributed by atoms with E-state index in [0.717, 1.165) is 37.7 Å². The van der Waals surface area contributed by atoms with Crippen molar-refractivity contribution in [2.75, 3.05) is 5.32 Å². The summed E-state index contributed by atoms with van der Waals surface area (Å²) >= 11 is 5.86. The van der Waals surface area contributed by atoms with Crippen LogP contribution < -0.4 is 11.1 Å². The van der Waals surface area contributed by atoms with Crippen LogP contribution in [0.1, 0.15) is 54.1 Å². The van der Waals surface area contributed by atoms with Crippen LogP contribution in [0.25, 0.3) is 10.9 Å². The van der Waals surface area contributed by atoms with Gasteiger partial charge in [0, 0.05) is 11.4 Å². The van der Waals surface area contributed by atoms with Gasteiger partial charge in [-0.15, -0.1) is 0 Å². The Bertz CT molecular complexity index is 1420. The van der Waals surface area contributed by atoms with E-state index in [2.05, 4.69) is 10.4 Å². The molecule has 6 rings (SSSR count). The highest BCUT2D eigenvalue weighted by Crippen LogP contribution is 2.44. The van der Waals surface area contributed by atoms with Crippen molar-refractivity contribution in [3.63, 3.8) is 0 Å². The molecule has 36 heavy (non-hydrogen) atoms. The zero-order chi connectivity index (χ0) is 25.1. The van der Waals surface area contributed by atoms with Crippen LogP contribution >= 0.6 is 11.6 Å². The molecule has 1 saturated heterocycles. The summed E-state index contributed by atoms with van der Waals surface area (Å²) in [6, 6.07) is 9.43. The van der Waals surface area contributed by atoms with Gasteiger partial charge < -0.3 is 16.0 Å². The van der Waals surface area contributed by atoms with E-state index in [0.29, 0.717) is 16.8 Å². The number of fused-ring (bicyclic) bond motifs is 3. The third-order valence-electron chi connectivity index (χ3n) is 7.69. The van der Waals surface area contributed by atoms with Gasteiger partial charge in [-0.1, -0.05) is 23.7 Å². The second-order valence-corrected chi connectivity index (χ2v) is 10.4. The first kappa shape index (κ1) is 23.0. The maximum absolute atomic E-state index is 14.4. The van der Waals surface area contributed by atoms with Crippen molar-refractivity contribution in [3.8, 4) is 0 Å². The fourth-order valence-electron chi connectivity index (χ4n) is 5.87. The van der Waals surface area contributed by atoms with Gasteiger partial charge in [0.25, 0.3) is 5.91 Å². The molecule has 3 aromatic rings. The summed E-state index contributed by atoms with van der Waals surface area (Å²) in [5.41, 5.74) is 7.49. The number of nitrogens with zero attached hydrogens (tertiary/aromatic N) is 3. The van der Waals surface area contributed by atoms with Gasteiger partial charge in [0.2, 0.25) is 11.8 Å². The third-order valence-corrected chi connectivity index (χ3v) is 7.98. The van der Waals surface area contributed by atoms with Crippen LogP contribution in [0, 0.1) is 11.7 Å². The van der Waals surface area contributed by atoms with Gasteiger partial charge in [-0.25, -0.2) is 4.39 Å². The molecule has 3 amide bonds. The van der Waals surface area contributed by atoms with E-state index in [9.17, 15) is 18.8 Å². The number of benzene rings is 2. The molecule has 2 aromatic carbocycles. The number of likely N-dealkylation sites (tertiary alicyclic amines) is 1. The molecule has 0 unspecified atom stereocenters. The van der Waals surface area contributed by atoms with Crippen LogP contribution in [0.5, 0.6) is 0 Å². The number of carbonyl (C=O) groups excluding carboxylic acids is 3. The minimum absolute atomic E-state index is 0.00200. The van der Waals surface area contributed by atoms with Crippen LogP contribution in [0.3, 0.4) is 0 Å². The third kappa shape index (κ3) is 3.82. The Morgan fingerprint density at radius 1 is 1.14 bits per heavy atom. The number of primary amides is 1. The largest absolute Gasteiger partial charge is 0.364 e. The summed E-state index contributed by atoms with van der Waals surface area (Å²) in [4.78, 5) is 40.5. The first-order chi connectivity index (χ1) is 17.3. The van der Waals surface area contributed by atoms with Crippen molar-refractivity contribution in [2.24, 2.45) is 11.7 Å². The highest BCUT2D eigenvalue weighted by molar-refractivity contribution is 6.31. The van der Waals surface area contributed by atoms with E-state index < -0.39 is 23.7 Å². The molecular formula is C26H25ClFN5O3. The lowest BCUT2D eigenvalue weighted by atomic mass is 9.97. The number of carbonyl (C=O) groups is 3. The predicted molar refractivity (Wildman–Crippen MR) is 132 cm³/mol. The number of piperidine rings is 1. The van der Waals surface area contributed by atoms with E-state index in [-0.39, 0.29) is 40.8 Å². The Labute approximate surface area is 211 Å². The lowest BCUT2D eigenvalue weighted by Crippen LogP contribution is -2.52. The van der Waals surface area contributed by atoms with E-state index in [4.69, 9.17) is 17.3 Å². The SMILES string of the molecule is NC(=O)c1nn(CC(=O)N2[C@@H]3CC[C@@H](C3)[C@H]2C(=O)Nc2cccc(Cl)c2F)c2ccc(C3CC3)cc12. The Hall–Kier alpha value is -3.46. The second kappa shape index (κ2) is 8.58. The standard InChI is InChI=1S/C26H25ClFN5O3/c27-18-2-1-3-19(22(18)28)30-26(36)24-15-6-8-16(10-15)33(24)21(34)12-32-20-9-7-14(13-4-5-13)11-17(20)23(31-32)25(29)35/h1-3,7,9,11,13,15-16,24H,4-6,8,10,12H2,(H2,29,35)(H,30,36)/t15-,16+,24-/m0/s1. The molecule has 3 fully saturated rings. The van der Waals surface area contributed by atoms with Crippen molar-refractivity contribution in [1.82, 2.24) is 14.7 Å². The predicted octanol–water partition coefficient (Wildman–Crippen LogP) is 3.82. The van der Waals surface area contributed by atoms with Gasteiger partial charge in [0.15, 0.2) is 11.5 Å². The summed E-state index contributed by atoms with van der Waals surface area (Å²) < 4.78 is 15.9. The van der Waals surface area contributed by atoms with Crippen molar-refractivity contribution in [1.29, 1.82) is 0 Å². The topological polar surface area (TPSA) is 110 Å². The van der Waals surface area contributed by atoms with Gasteiger partial charge in [-0.2, -0.15) is 5.10 Å². The lowest BCUT2D eigenvalue weighted by molar-refractivity contribution is -0.141. The quantitative estimate of drug-likeness (QED) is 0.526. The Kier molecular flexibility index (Phi) is 5.48. The van der Waals surface area contributed by atoms with Gasteiger partial charge in [0.05, 0.1) is 16.2 Å². The molecule has 0 spiro atoms. The molecule has 8 nitrogen and oxygen atoms in total. The van der Waals surface area contributed by atoms with Crippen molar-refractivity contribution in [3.05, 3.63) is 58.5 Å². The monoisotopic (exact) mass is 509 g/mol. The average molecular weight is 510 g/mol. The molecule has 3 N–H and O–H groups in total. The van der Waals surface area contributed by atoms with Crippen LogP contribution in [0.15, 0.2) is 36.4 Å². The lowest BCUT2D eigenvalue weighted by Gasteiger charge is -2.34. The number of amides is 3. The van der Waals surface area contributed by atoms with Gasteiger partial charge in [-0.3, -0.25) is 19.1 Å². The molecule has 1 aromatic heterocycles. The molecule has 3 aliphatic rings. The molecule has 1 aliphatic heterocycles. The van der Waals surface area contributed by atoms with Gasteiger partial charge >= 0.3 is 0 Å². The Morgan fingerprint density at radius 3 is 2.69 bits per heavy atom. The van der Waals surface area contributed by atoms with Crippen molar-refractivity contribution in [2.45, 2.75) is 56.7 Å². The number of hydrogen-bond donors (Lipinski definition) is 2. The summed E-state index contributed by atoms with van der Waals surface area (Å²) in [6.07, 6.45) is 4.58. The minimum atomic E-state index is -0.714. The average Bonchev–Trinajstić information content (AvgIpc) is 3.34. The van der Waals surface area contributed by atoms with Crippen LogP contribution in [-0.2, 0) is 16.1 Å². The highest BCUT2D eigenvalue weighted by Gasteiger charge is 2.51. The first-order valence-electron chi connectivity index (χ1n) is 12.2. The number of anilines is 1. The number of nitrogens with two attached hydrogens (primary N) is 1. The molecule has 2 aliphatic carbocycles. The van der Waals surface area contributed by atoms with Crippen LogP contribution in [-0.4, -0.2) is 44.5 Å². The van der Waals surface area contributed by atoms with E-state index in [1.807, 2.05) is 18.2 Å². The van der Waals surface area contributed by atoms with E-state index in [1.54, 1.807) is 11.0 Å². The minimum Gasteiger partial charge on any atom is -0.364 e. The van der Waals surface area contributed by atoms with Crippen molar-refractivity contribution < 1.29 is 18.8 Å². The summed E-state index contributed by atoms with van der Waals surface area (Å²) in [5.74, 6) is -1.59. The number of rotatable bonds is 6. The second-order valence-electron chi connectivity index (χ2n) is 9.98. The fraction of sp³-hybridized carbons (Fsp3) is 0.385. The normalized spacial score (nSPS) is 22.8. The first-order valence-corrected chi connectivity index (χ1v) is 12.6. The number of hydrogen-bond acceptors (Lipinski definition) is 4. The number of aromatic nitrogens is 2. The fourth-order valence-corrected chi connectivity index (χ4v) is 6.05. The summed E-state index contributed by atoms with van der Waals surface area (Å²) in [6.45, 7) is -0.134. The van der Waals surface area contributed by atoms with Crippen LogP contribution in [0.2, 0.25) is 5.02 Å². The molecule has 2 heterocycles. The molecular weight excluding hydrogens is 485 g/mol. The summed E-state index contributed by atoms with van der Waals surface area (Å²) in [7, 11) is 0. The number of nitrogens with one attached hydrogen (secondary N) is 1. The smallest absolute Gasteiger partial charge is 0.269 e. The van der Waals surface area contributed by atoms with Crippen LogP contribution in [0.4, 0.5) is 10.1 Å². The number of halogens is 2. The highest BCUT2D eigenvalue weighted by atomic mass is 35.5. The molecule has 2 saturated carbocycles. The Morgan fingerprint density at radius 2 is 1.94 bits per heavy atom. The molecule has 3 atom stereocenters. The van der Waals surface area contributed by atoms with Gasteiger partial charge in [-0.05, 0) is 73.8 Å². The molecule has 2 bridgehead atoms. The molecule has 0 radical (unpaired) electrons. The van der Waals surface area contributed by atoms with E-state index in [1.165, 1.54) is 16.8 Å². The zero-order valence-electron chi connectivity index (χ0n) is 19.4. The van der Waals surface area contributed by atoms with Gasteiger partial charge in [0.1, 0.15) is 12.6 Å². The maximum Gasteiger partial charge on any atom is 0.269 e. The maximum atomic E-state index is 14.4. The molecule has 186 valence electrons. The van der Waals surface area contributed by atoms with E-state index >= 15 is 0 Å². The summed E-state index contributed by atoms with van der Waals surface area (Å²) in [5, 5.41) is 7.54. The Balaban J connectivity index is 1.28. The van der Waals surface area contributed by atoms with Crippen molar-refractivity contribution >= 4 is 45.9 Å². The molecule has 10 heteroatoms. The zero-order valence-corrected chi connectivity index (χ0v) is 20.2.